The first-order chi connectivity index (χ1) is 13.6. The maximum absolute atomic E-state index is 11.0. The quantitative estimate of drug-likeness (QED) is 0.384. The fourth-order valence-electron chi connectivity index (χ4n) is 3.65. The minimum Gasteiger partial charge on any atom is -0.477 e. The van der Waals surface area contributed by atoms with Gasteiger partial charge in [0.05, 0.1) is 0 Å². The molecule has 1 N–H and O–H groups in total. The Hall–Kier alpha value is -3.84. The lowest BCUT2D eigenvalue weighted by molar-refractivity contribution is -0.132. The Labute approximate surface area is 162 Å². The van der Waals surface area contributed by atoms with Crippen molar-refractivity contribution in [2.45, 2.75) is 13.5 Å². The molecule has 0 saturated heterocycles. The van der Waals surface area contributed by atoms with E-state index in [0.717, 1.165) is 17.7 Å². The molecule has 4 rings (SSSR count). The second-order valence-corrected chi connectivity index (χ2v) is 6.59. The van der Waals surface area contributed by atoms with Crippen molar-refractivity contribution >= 4 is 33.9 Å². The van der Waals surface area contributed by atoms with Crippen LogP contribution in [0, 0.1) is 11.3 Å². The Morgan fingerprint density at radius 1 is 1.00 bits per heavy atom. The number of aromatic nitrogens is 1. The van der Waals surface area contributed by atoms with E-state index in [-0.39, 0.29) is 5.57 Å². The van der Waals surface area contributed by atoms with Crippen LogP contribution < -0.4 is 0 Å². The molecule has 1 heterocycles. The number of fused-ring (bicyclic) bond motifs is 3. The minimum absolute atomic E-state index is 0.276. The topological polar surface area (TPSA) is 66.0 Å². The van der Waals surface area contributed by atoms with Crippen LogP contribution in [0.5, 0.6) is 0 Å². The number of hydrogen-bond donors (Lipinski definition) is 1. The molecule has 0 bridgehead atoms. The number of aliphatic carboxylic acids is 1. The van der Waals surface area contributed by atoms with Crippen LogP contribution in [0.1, 0.15) is 12.5 Å². The first kappa shape index (κ1) is 17.6. The van der Waals surface area contributed by atoms with Crippen molar-refractivity contribution in [3.63, 3.8) is 0 Å². The lowest BCUT2D eigenvalue weighted by Gasteiger charge is -2.05. The first-order valence-electron chi connectivity index (χ1n) is 9.09. The molecule has 0 saturated carbocycles. The Morgan fingerprint density at radius 2 is 1.68 bits per heavy atom. The smallest absolute Gasteiger partial charge is 0.346 e. The predicted molar refractivity (Wildman–Crippen MR) is 112 cm³/mol. The number of hydrogen-bond acceptors (Lipinski definition) is 2. The number of carboxylic acid groups (broad SMARTS) is 1. The summed E-state index contributed by atoms with van der Waals surface area (Å²) < 4.78 is 2.32. The molecule has 0 radical (unpaired) electrons. The van der Waals surface area contributed by atoms with Gasteiger partial charge in [-0.05, 0) is 47.9 Å². The van der Waals surface area contributed by atoms with Crippen LogP contribution in [-0.4, -0.2) is 15.6 Å². The van der Waals surface area contributed by atoms with Gasteiger partial charge in [-0.15, -0.1) is 0 Å². The first-order valence-corrected chi connectivity index (χ1v) is 9.09. The summed E-state index contributed by atoms with van der Waals surface area (Å²) >= 11 is 0. The largest absolute Gasteiger partial charge is 0.477 e. The average molecular weight is 366 g/mol. The predicted octanol–water partition coefficient (Wildman–Crippen LogP) is 5.47. The number of carbonyl (C=O) groups is 1. The van der Waals surface area contributed by atoms with Crippen molar-refractivity contribution in [3.05, 3.63) is 77.9 Å². The van der Waals surface area contributed by atoms with Crippen LogP contribution in [0.15, 0.2) is 72.3 Å². The van der Waals surface area contributed by atoms with E-state index in [1.807, 2.05) is 24.3 Å². The van der Waals surface area contributed by atoms with Crippen LogP contribution in [0.3, 0.4) is 0 Å². The number of carboxylic acids is 1. The van der Waals surface area contributed by atoms with E-state index in [2.05, 4.69) is 54.0 Å². The van der Waals surface area contributed by atoms with E-state index >= 15 is 0 Å². The average Bonchev–Trinajstić information content (AvgIpc) is 3.05. The summed E-state index contributed by atoms with van der Waals surface area (Å²) in [4.78, 5) is 11.0. The van der Waals surface area contributed by atoms with Crippen LogP contribution in [0.25, 0.3) is 39.0 Å². The second-order valence-electron chi connectivity index (χ2n) is 6.59. The highest BCUT2D eigenvalue weighted by atomic mass is 16.4. The van der Waals surface area contributed by atoms with E-state index in [0.29, 0.717) is 5.56 Å². The Kier molecular flexibility index (Phi) is 4.42. The number of para-hydroxylation sites is 1. The van der Waals surface area contributed by atoms with Crippen LogP contribution in [0.2, 0.25) is 0 Å². The van der Waals surface area contributed by atoms with Crippen molar-refractivity contribution < 1.29 is 9.90 Å². The molecular weight excluding hydrogens is 348 g/mol. The SMILES string of the molecule is CCn1c2ccccc2c2cc(-c3ccc(C=C(C#N)C(=O)O)cc3)ccc21. The number of nitriles is 1. The van der Waals surface area contributed by atoms with Crippen molar-refractivity contribution in [1.82, 2.24) is 4.57 Å². The summed E-state index contributed by atoms with van der Waals surface area (Å²) in [6.45, 7) is 3.06. The Balaban J connectivity index is 1.79. The van der Waals surface area contributed by atoms with Gasteiger partial charge in [0.25, 0.3) is 0 Å². The number of aryl methyl sites for hydroxylation is 1. The van der Waals surface area contributed by atoms with E-state index < -0.39 is 5.97 Å². The summed E-state index contributed by atoms with van der Waals surface area (Å²) in [6, 6.07) is 24.1. The van der Waals surface area contributed by atoms with Gasteiger partial charge in [0.1, 0.15) is 11.6 Å². The second kappa shape index (κ2) is 7.05. The molecule has 4 aromatic rings. The van der Waals surface area contributed by atoms with Gasteiger partial charge in [-0.2, -0.15) is 5.26 Å². The third-order valence-electron chi connectivity index (χ3n) is 4.99. The molecule has 0 atom stereocenters. The standard InChI is InChI=1S/C24H18N2O2/c1-2-26-22-6-4-3-5-20(22)21-14-18(11-12-23(21)26)17-9-7-16(8-10-17)13-19(15-25)24(27)28/h3-14H,2H2,1H3,(H,27,28). The normalized spacial score (nSPS) is 11.6. The molecule has 0 spiro atoms. The van der Waals surface area contributed by atoms with Crippen LogP contribution in [-0.2, 0) is 11.3 Å². The van der Waals surface area contributed by atoms with Crippen molar-refractivity contribution in [2.24, 2.45) is 0 Å². The molecule has 0 unspecified atom stereocenters. The molecule has 4 heteroatoms. The van der Waals surface area contributed by atoms with Crippen LogP contribution in [0.4, 0.5) is 0 Å². The molecule has 1 aromatic heterocycles. The van der Waals surface area contributed by atoms with Gasteiger partial charge < -0.3 is 9.67 Å². The highest BCUT2D eigenvalue weighted by Gasteiger charge is 2.10. The van der Waals surface area contributed by atoms with Crippen molar-refractivity contribution in [2.75, 3.05) is 0 Å². The number of rotatable bonds is 4. The molecule has 4 nitrogen and oxygen atoms in total. The van der Waals surface area contributed by atoms with Crippen LogP contribution >= 0.6 is 0 Å². The van der Waals surface area contributed by atoms with Gasteiger partial charge in [-0.3, -0.25) is 0 Å². The van der Waals surface area contributed by atoms with Gasteiger partial charge in [0, 0.05) is 28.4 Å². The number of benzene rings is 3. The van der Waals surface area contributed by atoms with E-state index in [9.17, 15) is 4.79 Å². The third kappa shape index (κ3) is 2.93. The van der Waals surface area contributed by atoms with Crippen molar-refractivity contribution in [3.8, 4) is 17.2 Å². The highest BCUT2D eigenvalue weighted by molar-refractivity contribution is 6.09. The molecule has 0 fully saturated rings. The molecule has 3 aromatic carbocycles. The van der Waals surface area contributed by atoms with E-state index in [1.54, 1.807) is 6.07 Å². The molecule has 0 amide bonds. The summed E-state index contributed by atoms with van der Waals surface area (Å²) in [7, 11) is 0. The minimum atomic E-state index is -1.22. The highest BCUT2D eigenvalue weighted by Crippen LogP contribution is 2.32. The zero-order valence-corrected chi connectivity index (χ0v) is 15.4. The maximum Gasteiger partial charge on any atom is 0.346 e. The molecule has 0 aliphatic rings. The van der Waals surface area contributed by atoms with Crippen molar-refractivity contribution in [1.29, 1.82) is 5.26 Å². The summed E-state index contributed by atoms with van der Waals surface area (Å²) in [6.07, 6.45) is 1.38. The molecule has 28 heavy (non-hydrogen) atoms. The summed E-state index contributed by atoms with van der Waals surface area (Å²) in [5.74, 6) is -1.22. The molecular formula is C24H18N2O2. The lowest BCUT2D eigenvalue weighted by Crippen LogP contribution is -1.97. The lowest BCUT2D eigenvalue weighted by atomic mass is 10.0. The fourth-order valence-corrected chi connectivity index (χ4v) is 3.65. The fraction of sp³-hybridized carbons (Fsp3) is 0.0833. The van der Waals surface area contributed by atoms with Gasteiger partial charge in [0.15, 0.2) is 0 Å². The zero-order chi connectivity index (χ0) is 19.7. The molecule has 136 valence electrons. The maximum atomic E-state index is 11.0. The zero-order valence-electron chi connectivity index (χ0n) is 15.4. The van der Waals surface area contributed by atoms with Gasteiger partial charge >= 0.3 is 5.97 Å². The van der Waals surface area contributed by atoms with Gasteiger partial charge in [0.2, 0.25) is 0 Å². The Bertz CT molecular complexity index is 1270. The molecule has 0 aliphatic carbocycles. The third-order valence-corrected chi connectivity index (χ3v) is 4.99. The summed E-state index contributed by atoms with van der Waals surface area (Å²) in [5, 5.41) is 20.3. The molecule has 0 aliphatic heterocycles. The van der Waals surface area contributed by atoms with Gasteiger partial charge in [-0.1, -0.05) is 48.5 Å². The Morgan fingerprint density at radius 3 is 2.36 bits per heavy atom. The summed E-state index contributed by atoms with van der Waals surface area (Å²) in [5.41, 5.74) is 5.00. The van der Waals surface area contributed by atoms with E-state index in [1.165, 1.54) is 27.9 Å². The number of nitrogens with zero attached hydrogens (tertiary/aromatic N) is 2. The van der Waals surface area contributed by atoms with Gasteiger partial charge in [-0.25, -0.2) is 4.79 Å². The van der Waals surface area contributed by atoms with E-state index in [4.69, 9.17) is 10.4 Å². The monoisotopic (exact) mass is 366 g/mol.